The van der Waals surface area contributed by atoms with Gasteiger partial charge in [0.1, 0.15) is 0 Å². The van der Waals surface area contributed by atoms with Crippen molar-refractivity contribution in [1.29, 1.82) is 0 Å². The Labute approximate surface area is 110 Å². The molecular weight excluding hydrogens is 246 g/mol. The minimum Gasteiger partial charge on any atom is -0.469 e. The minimum absolute atomic E-state index is 0.0971. The fourth-order valence-corrected chi connectivity index (χ4v) is 2.56. The van der Waals surface area contributed by atoms with Gasteiger partial charge in [0.05, 0.1) is 24.2 Å². The topological polar surface area (TPSA) is 39.2 Å². The van der Waals surface area contributed by atoms with E-state index in [2.05, 4.69) is 9.72 Å². The number of ether oxygens (including phenoxy) is 1. The number of carbonyl (C=O) groups is 1. The highest BCUT2D eigenvalue weighted by Crippen LogP contribution is 2.28. The van der Waals surface area contributed by atoms with Crippen LogP contribution in [-0.4, -0.2) is 18.1 Å². The molecule has 0 aliphatic rings. The van der Waals surface area contributed by atoms with E-state index in [1.54, 1.807) is 11.3 Å². The fourth-order valence-electron chi connectivity index (χ4n) is 1.68. The molecule has 1 aromatic heterocycles. The summed E-state index contributed by atoms with van der Waals surface area (Å²) in [5.74, 6) is -0.0983. The van der Waals surface area contributed by atoms with Crippen molar-refractivity contribution < 1.29 is 9.53 Å². The molecule has 4 heteroatoms. The van der Waals surface area contributed by atoms with Gasteiger partial charge in [-0.05, 0) is 0 Å². The smallest absolute Gasteiger partial charge is 0.306 e. The molecule has 18 heavy (non-hydrogen) atoms. The number of hydrogen-bond acceptors (Lipinski definition) is 4. The van der Waals surface area contributed by atoms with E-state index in [0.29, 0.717) is 6.42 Å². The van der Waals surface area contributed by atoms with Crippen molar-refractivity contribution in [1.82, 2.24) is 4.98 Å². The van der Waals surface area contributed by atoms with E-state index >= 15 is 0 Å². The minimum atomic E-state index is -0.195. The van der Waals surface area contributed by atoms with Gasteiger partial charge in [-0.1, -0.05) is 37.3 Å². The van der Waals surface area contributed by atoms with Gasteiger partial charge in [0.25, 0.3) is 0 Å². The lowest BCUT2D eigenvalue weighted by Gasteiger charge is -2.05. The van der Waals surface area contributed by atoms with Crippen LogP contribution in [0.3, 0.4) is 0 Å². The lowest BCUT2D eigenvalue weighted by molar-refractivity contribution is -0.140. The SMILES string of the molecule is COC(=O)CC(C)c1nc(-c2ccccc2)cs1. The number of thiazole rings is 1. The highest BCUT2D eigenvalue weighted by molar-refractivity contribution is 7.10. The van der Waals surface area contributed by atoms with Crippen molar-refractivity contribution >= 4 is 17.3 Å². The molecule has 0 saturated heterocycles. The summed E-state index contributed by atoms with van der Waals surface area (Å²) in [7, 11) is 1.41. The molecule has 1 unspecified atom stereocenters. The number of carbonyl (C=O) groups excluding carboxylic acids is 1. The Hall–Kier alpha value is -1.68. The van der Waals surface area contributed by atoms with E-state index in [1.807, 2.05) is 42.6 Å². The van der Waals surface area contributed by atoms with Crippen molar-refractivity contribution in [2.24, 2.45) is 0 Å². The molecule has 0 aliphatic heterocycles. The van der Waals surface area contributed by atoms with Gasteiger partial charge in [-0.2, -0.15) is 0 Å². The number of rotatable bonds is 4. The van der Waals surface area contributed by atoms with Gasteiger partial charge >= 0.3 is 5.97 Å². The molecule has 0 saturated carbocycles. The number of hydrogen-bond donors (Lipinski definition) is 0. The quantitative estimate of drug-likeness (QED) is 0.791. The summed E-state index contributed by atoms with van der Waals surface area (Å²) < 4.78 is 4.67. The van der Waals surface area contributed by atoms with E-state index in [4.69, 9.17) is 0 Å². The summed E-state index contributed by atoms with van der Waals surface area (Å²) in [6.07, 6.45) is 0.373. The zero-order valence-electron chi connectivity index (χ0n) is 10.4. The second-order valence-electron chi connectivity index (χ2n) is 4.12. The van der Waals surface area contributed by atoms with Crippen molar-refractivity contribution in [3.05, 3.63) is 40.7 Å². The van der Waals surface area contributed by atoms with Gasteiger partial charge < -0.3 is 4.74 Å². The second-order valence-corrected chi connectivity index (χ2v) is 5.01. The van der Waals surface area contributed by atoms with Gasteiger partial charge in [0, 0.05) is 16.9 Å². The summed E-state index contributed by atoms with van der Waals surface area (Å²) in [6.45, 7) is 1.99. The third kappa shape index (κ3) is 2.96. The molecular formula is C14H15NO2S. The van der Waals surface area contributed by atoms with Crippen LogP contribution in [0.5, 0.6) is 0 Å². The Morgan fingerprint density at radius 1 is 1.39 bits per heavy atom. The molecule has 2 rings (SSSR count). The average Bonchev–Trinajstić information content (AvgIpc) is 2.89. The van der Waals surface area contributed by atoms with Crippen LogP contribution < -0.4 is 0 Å². The Kier molecular flexibility index (Phi) is 4.10. The molecule has 0 aliphatic carbocycles. The van der Waals surface area contributed by atoms with Gasteiger partial charge in [0.15, 0.2) is 0 Å². The van der Waals surface area contributed by atoms with Gasteiger partial charge in [-0.25, -0.2) is 4.98 Å². The Morgan fingerprint density at radius 2 is 2.11 bits per heavy atom. The molecule has 0 fully saturated rings. The van der Waals surface area contributed by atoms with Crippen molar-refractivity contribution in [2.45, 2.75) is 19.3 Å². The first-order chi connectivity index (χ1) is 8.70. The van der Waals surface area contributed by atoms with E-state index in [-0.39, 0.29) is 11.9 Å². The third-order valence-electron chi connectivity index (χ3n) is 2.71. The molecule has 0 spiro atoms. The monoisotopic (exact) mass is 261 g/mol. The van der Waals surface area contributed by atoms with Crippen LogP contribution in [0.15, 0.2) is 35.7 Å². The molecule has 0 bridgehead atoms. The lowest BCUT2D eigenvalue weighted by atomic mass is 10.1. The van der Waals surface area contributed by atoms with E-state index in [9.17, 15) is 4.79 Å². The zero-order valence-corrected chi connectivity index (χ0v) is 11.2. The second kappa shape index (κ2) is 5.78. The molecule has 1 atom stereocenters. The summed E-state index contributed by atoms with van der Waals surface area (Å²) in [6, 6.07) is 10.0. The molecule has 3 nitrogen and oxygen atoms in total. The predicted molar refractivity (Wildman–Crippen MR) is 72.6 cm³/mol. The molecule has 2 aromatic rings. The van der Waals surface area contributed by atoms with Crippen LogP contribution in [0.25, 0.3) is 11.3 Å². The van der Waals surface area contributed by atoms with E-state index in [1.165, 1.54) is 7.11 Å². The number of aromatic nitrogens is 1. The molecule has 1 aromatic carbocycles. The first-order valence-electron chi connectivity index (χ1n) is 5.78. The molecule has 0 amide bonds. The lowest BCUT2D eigenvalue weighted by Crippen LogP contribution is -2.05. The molecule has 0 radical (unpaired) electrons. The maximum Gasteiger partial charge on any atom is 0.306 e. The average molecular weight is 261 g/mol. The van der Waals surface area contributed by atoms with Crippen LogP contribution >= 0.6 is 11.3 Å². The third-order valence-corrected chi connectivity index (χ3v) is 3.79. The Balaban J connectivity index is 2.13. The predicted octanol–water partition coefficient (Wildman–Crippen LogP) is 3.48. The number of esters is 1. The summed E-state index contributed by atoms with van der Waals surface area (Å²) in [5, 5.41) is 3.00. The zero-order chi connectivity index (χ0) is 13.0. The first-order valence-corrected chi connectivity index (χ1v) is 6.66. The van der Waals surface area contributed by atoms with Crippen LogP contribution in [0.2, 0.25) is 0 Å². The van der Waals surface area contributed by atoms with Crippen molar-refractivity contribution in [2.75, 3.05) is 7.11 Å². The van der Waals surface area contributed by atoms with Crippen LogP contribution in [0, 0.1) is 0 Å². The summed E-state index contributed by atoms with van der Waals surface area (Å²) in [5.41, 5.74) is 2.07. The van der Waals surface area contributed by atoms with E-state index in [0.717, 1.165) is 16.3 Å². The van der Waals surface area contributed by atoms with E-state index < -0.39 is 0 Å². The highest BCUT2D eigenvalue weighted by Gasteiger charge is 2.15. The maximum absolute atomic E-state index is 11.2. The Morgan fingerprint density at radius 3 is 2.78 bits per heavy atom. The van der Waals surface area contributed by atoms with Crippen LogP contribution in [0.4, 0.5) is 0 Å². The van der Waals surface area contributed by atoms with Gasteiger partial charge in [-0.15, -0.1) is 11.3 Å². The highest BCUT2D eigenvalue weighted by atomic mass is 32.1. The molecule has 94 valence electrons. The van der Waals surface area contributed by atoms with Crippen LogP contribution in [0.1, 0.15) is 24.3 Å². The van der Waals surface area contributed by atoms with Crippen molar-refractivity contribution in [3.63, 3.8) is 0 Å². The van der Waals surface area contributed by atoms with Gasteiger partial charge in [0.2, 0.25) is 0 Å². The van der Waals surface area contributed by atoms with Crippen LogP contribution in [-0.2, 0) is 9.53 Å². The maximum atomic E-state index is 11.2. The molecule has 0 N–H and O–H groups in total. The first kappa shape index (κ1) is 12.8. The standard InChI is InChI=1S/C14H15NO2S/c1-10(8-13(16)17-2)14-15-12(9-18-14)11-6-4-3-5-7-11/h3-7,9-10H,8H2,1-2H3. The largest absolute Gasteiger partial charge is 0.469 e. The van der Waals surface area contributed by atoms with Gasteiger partial charge in [-0.3, -0.25) is 4.79 Å². The Bertz CT molecular complexity index is 522. The fraction of sp³-hybridized carbons (Fsp3) is 0.286. The van der Waals surface area contributed by atoms with Crippen molar-refractivity contribution in [3.8, 4) is 11.3 Å². The number of benzene rings is 1. The normalized spacial score (nSPS) is 12.1. The number of methoxy groups -OCH3 is 1. The number of nitrogens with zero attached hydrogens (tertiary/aromatic N) is 1. The summed E-state index contributed by atoms with van der Waals surface area (Å²) >= 11 is 1.59. The summed E-state index contributed by atoms with van der Waals surface area (Å²) in [4.78, 5) is 15.8. The molecule has 1 heterocycles.